The Morgan fingerprint density at radius 1 is 0.392 bits per heavy atom. The molecular formula is C83H96O19. The summed E-state index contributed by atoms with van der Waals surface area (Å²) in [5.74, 6) is -6.05. The molecule has 3 fully saturated rings. The largest absolute Gasteiger partial charge is 0.450 e. The first-order valence-corrected chi connectivity index (χ1v) is 35.1. The van der Waals surface area contributed by atoms with Crippen LogP contribution in [0.1, 0.15) is 78.6 Å². The highest BCUT2D eigenvalue weighted by molar-refractivity contribution is 5.75. The third kappa shape index (κ3) is 20.9. The second-order valence-corrected chi connectivity index (χ2v) is 26.7. The number of methoxy groups -OCH3 is 1. The van der Waals surface area contributed by atoms with Crippen molar-refractivity contribution < 1.29 is 90.8 Å². The van der Waals surface area contributed by atoms with Crippen molar-refractivity contribution >= 4 is 5.97 Å². The van der Waals surface area contributed by atoms with Gasteiger partial charge in [0.2, 0.25) is 6.10 Å². The monoisotopic (exact) mass is 1400 g/mol. The van der Waals surface area contributed by atoms with Gasteiger partial charge in [-0.3, -0.25) is 4.79 Å². The highest BCUT2D eigenvalue weighted by Crippen LogP contribution is 2.45. The maximum atomic E-state index is 15.0. The normalized spacial score (nSPS) is 26.7. The van der Waals surface area contributed by atoms with Crippen molar-refractivity contribution in [3.63, 3.8) is 0 Å². The molecule has 3 aliphatic heterocycles. The molecule has 0 radical (unpaired) electrons. The molecule has 0 amide bonds. The van der Waals surface area contributed by atoms with Gasteiger partial charge >= 0.3 is 17.9 Å². The van der Waals surface area contributed by atoms with E-state index in [2.05, 4.69) is 0 Å². The topological polar surface area (TPSA) is 205 Å². The van der Waals surface area contributed by atoms with Crippen molar-refractivity contribution in [3.05, 3.63) is 287 Å². The summed E-state index contributed by atoms with van der Waals surface area (Å²) >= 11 is 0. The Balaban J connectivity index is 1.04. The van der Waals surface area contributed by atoms with Crippen LogP contribution in [-0.4, -0.2) is 141 Å². The van der Waals surface area contributed by atoms with E-state index in [1.54, 1.807) is 20.8 Å². The van der Waals surface area contributed by atoms with Crippen LogP contribution in [0.3, 0.4) is 0 Å². The molecule has 15 atom stereocenters. The van der Waals surface area contributed by atoms with Gasteiger partial charge in [0.25, 0.3) is 0 Å². The van der Waals surface area contributed by atoms with Crippen LogP contribution in [-0.2, 0) is 133 Å². The second-order valence-electron chi connectivity index (χ2n) is 26.7. The number of rotatable bonds is 36. The lowest BCUT2D eigenvalue weighted by atomic mass is 9.93. The maximum absolute atomic E-state index is 15.0. The molecule has 3 saturated heterocycles. The smallest absolute Gasteiger partial charge is 0.325 e. The van der Waals surface area contributed by atoms with Crippen molar-refractivity contribution in [3.8, 4) is 0 Å². The van der Waals surface area contributed by atoms with Crippen molar-refractivity contribution in [1.29, 1.82) is 0 Å². The summed E-state index contributed by atoms with van der Waals surface area (Å²) in [5.41, 5.74) is 5.56. The third-order valence-electron chi connectivity index (χ3n) is 17.8. The first-order valence-electron chi connectivity index (χ1n) is 35.1. The summed E-state index contributed by atoms with van der Waals surface area (Å²) < 4.78 is 111. The molecule has 0 bridgehead atoms. The fourth-order valence-electron chi connectivity index (χ4n) is 12.5. The van der Waals surface area contributed by atoms with Gasteiger partial charge in [0, 0.05) is 13.7 Å². The average Bonchev–Trinajstić information content (AvgIpc) is 0.741. The second kappa shape index (κ2) is 37.8. The Morgan fingerprint density at radius 3 is 1.09 bits per heavy atom. The first kappa shape index (κ1) is 75.7. The standard InChI is InChI=1S/C83H96O19/c1-6-47-91-73-72(102-83(87-5)78(98-80(85)81(2,3)4)75(95-54-65-43-27-13-28-44-65)71(93-52-63-39-23-11-24-40-63)69(100-83)58-90-50-61-35-19-9-20-36-61)67(56-88-48-59-31-15-7-16-32-59)97-79(84)76(73)101-82(86)77(96-55-66-45-29-14-30-46-66)74(94-53-64-41-25-12-26-42-64)70(92-51-62-37-21-10-22-38-62)68(99-82)57-89-49-60-33-17-8-18-34-60/h7-46,67-79,84,86H,6,47-58H2,1-5H3/t67-,68-,69-,70-,71-,72-,73+,74+,75+,76-,77+,78-,79-,82+,83-/m1/s1. The van der Waals surface area contributed by atoms with Crippen molar-refractivity contribution in [1.82, 2.24) is 0 Å². The Kier molecular flexibility index (Phi) is 28.1. The SMILES string of the molecule is CCCO[C@@H]1[C@@H](O[C@@]2(O)O[C@H](COCc3ccccc3)[C@@H](OCc3ccccc3)[C@H](OCc3ccccc3)[C@@H]2OCc2ccccc2)[C@H](O)O[C@H](COCc2ccccc2)[C@H]1O[C@]1(OC)O[C@H](COCc2ccccc2)[C@@H](OCc2ccccc2)[C@H](OCc2ccccc2)[C@H]1OC(=O)C(C)(C)C. The van der Waals surface area contributed by atoms with E-state index < -0.39 is 103 Å². The number of aliphatic hydroxyl groups is 2. The summed E-state index contributed by atoms with van der Waals surface area (Å²) in [7, 11) is 1.37. The molecule has 0 unspecified atom stereocenters. The fraction of sp³-hybridized carbons (Fsp3) is 0.410. The Hall–Kier alpha value is -7.45. The van der Waals surface area contributed by atoms with Crippen LogP contribution < -0.4 is 0 Å². The zero-order valence-electron chi connectivity index (χ0n) is 58.6. The molecule has 3 heterocycles. The number of benzene rings is 8. The van der Waals surface area contributed by atoms with Gasteiger partial charge in [0.15, 0.2) is 12.4 Å². The molecule has 102 heavy (non-hydrogen) atoms. The van der Waals surface area contributed by atoms with E-state index in [0.717, 1.165) is 44.5 Å². The molecule has 19 nitrogen and oxygen atoms in total. The summed E-state index contributed by atoms with van der Waals surface area (Å²) in [6.07, 6.45) is -17.6. The quantitative estimate of drug-likeness (QED) is 0.0277. The van der Waals surface area contributed by atoms with Gasteiger partial charge in [-0.15, -0.1) is 0 Å². The lowest BCUT2D eigenvalue weighted by Gasteiger charge is -2.55. The minimum Gasteiger partial charge on any atom is -0.450 e. The number of aliphatic hydroxyl groups excluding tert-OH is 1. The number of ether oxygens (including phenoxy) is 16. The van der Waals surface area contributed by atoms with Gasteiger partial charge in [-0.25, -0.2) is 0 Å². The first-order chi connectivity index (χ1) is 49.8. The molecule has 0 aliphatic carbocycles. The van der Waals surface area contributed by atoms with Crippen molar-refractivity contribution in [2.24, 2.45) is 5.41 Å². The van der Waals surface area contributed by atoms with E-state index >= 15 is 0 Å². The van der Waals surface area contributed by atoms with Gasteiger partial charge in [-0.2, -0.15) is 0 Å². The summed E-state index contributed by atoms with van der Waals surface area (Å²) in [6.45, 7) is 7.18. The predicted molar refractivity (Wildman–Crippen MR) is 378 cm³/mol. The van der Waals surface area contributed by atoms with Gasteiger partial charge in [-0.1, -0.05) is 250 Å². The van der Waals surface area contributed by atoms with Crippen molar-refractivity contribution in [2.75, 3.05) is 33.5 Å². The zero-order valence-corrected chi connectivity index (χ0v) is 58.6. The van der Waals surface area contributed by atoms with Crippen LogP contribution >= 0.6 is 0 Å². The van der Waals surface area contributed by atoms with Gasteiger partial charge in [0.05, 0.1) is 78.1 Å². The summed E-state index contributed by atoms with van der Waals surface area (Å²) in [4.78, 5) is 15.0. The Bertz CT molecular complexity index is 3660. The van der Waals surface area contributed by atoms with Crippen molar-refractivity contribution in [2.45, 2.75) is 178 Å². The number of hydrogen-bond acceptors (Lipinski definition) is 19. The third-order valence-corrected chi connectivity index (χ3v) is 17.8. The molecule has 0 aromatic heterocycles. The number of carbonyl (C=O) groups is 1. The molecule has 0 spiro atoms. The molecule has 2 N–H and O–H groups in total. The van der Waals surface area contributed by atoms with Crippen LogP contribution in [0, 0.1) is 5.41 Å². The molecule has 0 saturated carbocycles. The minimum absolute atomic E-state index is 0.00306. The van der Waals surface area contributed by atoms with E-state index in [9.17, 15) is 15.0 Å². The van der Waals surface area contributed by atoms with E-state index in [-0.39, 0.29) is 79.3 Å². The highest BCUT2D eigenvalue weighted by Gasteiger charge is 2.66. The fourth-order valence-corrected chi connectivity index (χ4v) is 12.5. The Labute approximate surface area is 598 Å². The summed E-state index contributed by atoms with van der Waals surface area (Å²) in [5, 5.41) is 27.1. The van der Waals surface area contributed by atoms with Gasteiger partial charge < -0.3 is 86.0 Å². The van der Waals surface area contributed by atoms with E-state index in [4.69, 9.17) is 75.8 Å². The molecule has 8 aromatic rings. The molecule has 3 aliphatic rings. The number of hydrogen-bond donors (Lipinski definition) is 2. The minimum atomic E-state index is -2.89. The molecule has 11 rings (SSSR count). The van der Waals surface area contributed by atoms with Crippen LogP contribution in [0.25, 0.3) is 0 Å². The molecule has 19 heteroatoms. The van der Waals surface area contributed by atoms with E-state index in [1.165, 1.54) is 7.11 Å². The lowest BCUT2D eigenvalue weighted by molar-refractivity contribution is -0.502. The predicted octanol–water partition coefficient (Wildman–Crippen LogP) is 12.5. The molecule has 542 valence electrons. The lowest BCUT2D eigenvalue weighted by Crippen LogP contribution is -2.73. The molecule has 8 aromatic carbocycles. The van der Waals surface area contributed by atoms with E-state index in [1.807, 2.05) is 250 Å². The zero-order chi connectivity index (χ0) is 71.0. The summed E-state index contributed by atoms with van der Waals surface area (Å²) in [6, 6.07) is 76.8. The number of carbonyl (C=O) groups excluding carboxylic acids is 1. The van der Waals surface area contributed by atoms with Gasteiger partial charge in [0.1, 0.15) is 61.0 Å². The van der Waals surface area contributed by atoms with Crippen LogP contribution in [0.15, 0.2) is 243 Å². The Morgan fingerprint density at radius 2 is 0.725 bits per heavy atom. The van der Waals surface area contributed by atoms with Crippen LogP contribution in [0.5, 0.6) is 0 Å². The molecular weight excluding hydrogens is 1300 g/mol. The van der Waals surface area contributed by atoms with E-state index in [0.29, 0.717) is 6.42 Å². The maximum Gasteiger partial charge on any atom is 0.325 e. The average molecular weight is 1400 g/mol. The highest BCUT2D eigenvalue weighted by atomic mass is 16.9. The van der Waals surface area contributed by atoms with Gasteiger partial charge in [-0.05, 0) is 71.7 Å². The van der Waals surface area contributed by atoms with Crippen LogP contribution in [0.4, 0.5) is 0 Å². The van der Waals surface area contributed by atoms with Crippen LogP contribution in [0.2, 0.25) is 0 Å². The number of esters is 1.